The molecular formula is C25H25N3O3S. The van der Waals surface area contributed by atoms with Crippen LogP contribution in [0.4, 0.5) is 5.69 Å². The molecule has 0 aliphatic carbocycles. The summed E-state index contributed by atoms with van der Waals surface area (Å²) in [7, 11) is 0. The SMILES string of the molecule is CC(C)c1ccc(NC(=O)Cn2c(=O)n(CCc3ccccc3)c(=O)c3sccc32)cc1. The lowest BCUT2D eigenvalue weighted by molar-refractivity contribution is -0.116. The predicted octanol–water partition coefficient (Wildman–Crippen LogP) is 4.23. The maximum atomic E-state index is 13.2. The van der Waals surface area contributed by atoms with Gasteiger partial charge in [0.25, 0.3) is 5.56 Å². The van der Waals surface area contributed by atoms with Gasteiger partial charge >= 0.3 is 5.69 Å². The van der Waals surface area contributed by atoms with Crippen LogP contribution in [0, 0.1) is 0 Å². The fourth-order valence-electron chi connectivity index (χ4n) is 3.66. The number of carbonyl (C=O) groups excluding carboxylic acids is 1. The van der Waals surface area contributed by atoms with Crippen molar-refractivity contribution in [1.82, 2.24) is 9.13 Å². The second-order valence-corrected chi connectivity index (χ2v) is 8.94. The van der Waals surface area contributed by atoms with Gasteiger partial charge in [0, 0.05) is 12.2 Å². The lowest BCUT2D eigenvalue weighted by atomic mass is 10.0. The Hall–Kier alpha value is -3.45. The van der Waals surface area contributed by atoms with Gasteiger partial charge < -0.3 is 5.32 Å². The Kier molecular flexibility index (Phi) is 6.37. The van der Waals surface area contributed by atoms with Crippen LogP contribution in [0.1, 0.15) is 30.9 Å². The van der Waals surface area contributed by atoms with E-state index in [2.05, 4.69) is 19.2 Å². The van der Waals surface area contributed by atoms with Gasteiger partial charge in [-0.15, -0.1) is 11.3 Å². The second-order valence-electron chi connectivity index (χ2n) is 8.02. The zero-order valence-corrected chi connectivity index (χ0v) is 18.9. The first kappa shape index (κ1) is 21.8. The van der Waals surface area contributed by atoms with Crippen LogP contribution in [0.25, 0.3) is 10.2 Å². The summed E-state index contributed by atoms with van der Waals surface area (Å²) in [6.45, 7) is 4.31. The Balaban J connectivity index is 1.60. The molecule has 6 nitrogen and oxygen atoms in total. The zero-order chi connectivity index (χ0) is 22.7. The van der Waals surface area contributed by atoms with E-state index in [0.717, 1.165) is 5.56 Å². The first-order valence-electron chi connectivity index (χ1n) is 10.6. The highest BCUT2D eigenvalue weighted by atomic mass is 32.1. The van der Waals surface area contributed by atoms with Gasteiger partial charge in [0.1, 0.15) is 11.2 Å². The number of benzene rings is 2. The van der Waals surface area contributed by atoms with Crippen LogP contribution in [0.5, 0.6) is 0 Å². The molecule has 0 unspecified atom stereocenters. The maximum absolute atomic E-state index is 13.2. The van der Waals surface area contributed by atoms with Crippen molar-refractivity contribution in [2.24, 2.45) is 0 Å². The zero-order valence-electron chi connectivity index (χ0n) is 18.1. The lowest BCUT2D eigenvalue weighted by Gasteiger charge is -2.13. The summed E-state index contributed by atoms with van der Waals surface area (Å²) in [6.07, 6.45) is 0.557. The molecule has 0 fully saturated rings. The number of aryl methyl sites for hydroxylation is 1. The van der Waals surface area contributed by atoms with Crippen LogP contribution in [-0.2, 0) is 24.3 Å². The van der Waals surface area contributed by atoms with E-state index in [9.17, 15) is 14.4 Å². The quantitative estimate of drug-likeness (QED) is 0.461. The molecule has 4 rings (SSSR count). The van der Waals surface area contributed by atoms with Gasteiger partial charge in [-0.25, -0.2) is 4.79 Å². The van der Waals surface area contributed by atoms with Crippen LogP contribution in [-0.4, -0.2) is 15.0 Å². The Bertz CT molecular complexity index is 1350. The van der Waals surface area contributed by atoms with Gasteiger partial charge in [-0.1, -0.05) is 56.3 Å². The molecule has 7 heteroatoms. The molecule has 0 aliphatic heterocycles. The molecule has 2 aromatic heterocycles. The van der Waals surface area contributed by atoms with Gasteiger partial charge in [-0.05, 0) is 47.0 Å². The number of amides is 1. The molecule has 2 aromatic carbocycles. The average molecular weight is 448 g/mol. The number of hydrogen-bond acceptors (Lipinski definition) is 4. The third-order valence-corrected chi connectivity index (χ3v) is 6.36. The Morgan fingerprint density at radius 3 is 2.38 bits per heavy atom. The number of anilines is 1. The first-order chi connectivity index (χ1) is 15.4. The highest BCUT2D eigenvalue weighted by Crippen LogP contribution is 2.18. The molecule has 164 valence electrons. The molecule has 4 aromatic rings. The van der Waals surface area contributed by atoms with Crippen molar-refractivity contribution in [2.45, 2.75) is 39.3 Å². The molecule has 0 spiro atoms. The Morgan fingerprint density at radius 2 is 1.69 bits per heavy atom. The fourth-order valence-corrected chi connectivity index (χ4v) is 4.51. The Labute approximate surface area is 189 Å². The van der Waals surface area contributed by atoms with Crippen molar-refractivity contribution >= 4 is 33.1 Å². The number of aromatic nitrogens is 2. The number of nitrogens with zero attached hydrogens (tertiary/aromatic N) is 2. The highest BCUT2D eigenvalue weighted by Gasteiger charge is 2.16. The molecule has 0 radical (unpaired) electrons. The van der Waals surface area contributed by atoms with E-state index >= 15 is 0 Å². The molecule has 0 aliphatic rings. The molecule has 0 bridgehead atoms. The number of thiophene rings is 1. The maximum Gasteiger partial charge on any atom is 0.332 e. The Morgan fingerprint density at radius 1 is 0.969 bits per heavy atom. The summed E-state index contributed by atoms with van der Waals surface area (Å²) in [5, 5.41) is 4.62. The van der Waals surface area contributed by atoms with E-state index in [1.165, 1.54) is 26.0 Å². The molecule has 0 saturated heterocycles. The van der Waals surface area contributed by atoms with Crippen LogP contribution in [0.15, 0.2) is 75.6 Å². The first-order valence-corrected chi connectivity index (χ1v) is 11.5. The molecular weight excluding hydrogens is 422 g/mol. The van der Waals surface area contributed by atoms with E-state index in [0.29, 0.717) is 28.2 Å². The van der Waals surface area contributed by atoms with Crippen molar-refractivity contribution in [1.29, 1.82) is 0 Å². The topological polar surface area (TPSA) is 73.1 Å². The van der Waals surface area contributed by atoms with Gasteiger partial charge in [-0.3, -0.25) is 18.7 Å². The molecule has 1 N–H and O–H groups in total. The average Bonchev–Trinajstić information content (AvgIpc) is 3.28. The van der Waals surface area contributed by atoms with Gasteiger partial charge in [-0.2, -0.15) is 0 Å². The lowest BCUT2D eigenvalue weighted by Crippen LogP contribution is -2.41. The summed E-state index contributed by atoms with van der Waals surface area (Å²) in [5.74, 6) is 0.0901. The van der Waals surface area contributed by atoms with Crippen LogP contribution in [0.3, 0.4) is 0 Å². The third-order valence-electron chi connectivity index (χ3n) is 5.47. The number of fused-ring (bicyclic) bond motifs is 1. The number of nitrogens with one attached hydrogen (secondary N) is 1. The normalized spacial score (nSPS) is 11.2. The highest BCUT2D eigenvalue weighted by molar-refractivity contribution is 7.17. The number of rotatable bonds is 7. The summed E-state index contributed by atoms with van der Waals surface area (Å²) >= 11 is 1.28. The standard InChI is InChI=1S/C25H25N3O3S/c1-17(2)19-8-10-20(11-9-19)26-22(29)16-28-21-13-15-32-23(21)24(30)27(25(28)31)14-12-18-6-4-3-5-7-18/h3-11,13,15,17H,12,14,16H2,1-2H3,(H,26,29). The smallest absolute Gasteiger partial charge is 0.325 e. The summed E-state index contributed by atoms with van der Waals surface area (Å²) in [5.41, 5.74) is 2.61. The molecule has 0 saturated carbocycles. The molecule has 0 atom stereocenters. The minimum atomic E-state index is -0.470. The summed E-state index contributed by atoms with van der Waals surface area (Å²) < 4.78 is 3.10. The van der Waals surface area contributed by atoms with Gasteiger partial charge in [0.15, 0.2) is 0 Å². The molecule has 1 amide bonds. The predicted molar refractivity (Wildman–Crippen MR) is 130 cm³/mol. The van der Waals surface area contributed by atoms with Crippen molar-refractivity contribution < 1.29 is 4.79 Å². The van der Waals surface area contributed by atoms with Crippen molar-refractivity contribution in [2.75, 3.05) is 5.32 Å². The molecule has 2 heterocycles. The van der Waals surface area contributed by atoms with Gasteiger partial charge in [0.2, 0.25) is 5.91 Å². The van der Waals surface area contributed by atoms with E-state index in [1.54, 1.807) is 11.4 Å². The van der Waals surface area contributed by atoms with Gasteiger partial charge in [0.05, 0.1) is 5.52 Å². The summed E-state index contributed by atoms with van der Waals surface area (Å²) in [4.78, 5) is 38.8. The van der Waals surface area contributed by atoms with Crippen molar-refractivity contribution in [3.8, 4) is 0 Å². The van der Waals surface area contributed by atoms with Crippen molar-refractivity contribution in [3.05, 3.63) is 98.0 Å². The van der Waals surface area contributed by atoms with Crippen LogP contribution in [0.2, 0.25) is 0 Å². The third kappa shape index (κ3) is 4.57. The largest absolute Gasteiger partial charge is 0.332 e. The van der Waals surface area contributed by atoms with E-state index in [1.807, 2.05) is 54.6 Å². The van der Waals surface area contributed by atoms with E-state index in [-0.39, 0.29) is 24.6 Å². The van der Waals surface area contributed by atoms with E-state index in [4.69, 9.17) is 0 Å². The van der Waals surface area contributed by atoms with Crippen LogP contribution >= 0.6 is 11.3 Å². The second kappa shape index (κ2) is 9.36. The molecule has 32 heavy (non-hydrogen) atoms. The van der Waals surface area contributed by atoms with Crippen LogP contribution < -0.4 is 16.6 Å². The fraction of sp³-hybridized carbons (Fsp3) is 0.240. The minimum Gasteiger partial charge on any atom is -0.325 e. The van der Waals surface area contributed by atoms with E-state index < -0.39 is 5.69 Å². The monoisotopic (exact) mass is 447 g/mol. The minimum absolute atomic E-state index is 0.163. The number of carbonyl (C=O) groups is 1. The van der Waals surface area contributed by atoms with Crippen molar-refractivity contribution in [3.63, 3.8) is 0 Å². The summed E-state index contributed by atoms with van der Waals surface area (Å²) in [6, 6.07) is 19.1. The number of hydrogen-bond donors (Lipinski definition) is 1.